The van der Waals surface area contributed by atoms with E-state index in [1.165, 1.54) is 5.56 Å². The summed E-state index contributed by atoms with van der Waals surface area (Å²) >= 11 is 0. The number of aryl methyl sites for hydroxylation is 1. The molecule has 3 rings (SSSR count). The standard InChI is InChI=1S/C21H17NO2/c1-16-10-12-18(13-11-16)14-15-20-22-19(21(23)24-20)9-5-8-17-6-3-2-4-7-17/h2-15H,1H3. The Morgan fingerprint density at radius 1 is 0.875 bits per heavy atom. The van der Waals surface area contributed by atoms with Crippen molar-refractivity contribution in [2.45, 2.75) is 6.92 Å². The van der Waals surface area contributed by atoms with Crippen LogP contribution in [0.4, 0.5) is 0 Å². The third-order valence-corrected chi connectivity index (χ3v) is 3.48. The Kier molecular flexibility index (Phi) is 4.82. The van der Waals surface area contributed by atoms with Gasteiger partial charge >= 0.3 is 5.97 Å². The number of carbonyl (C=O) groups excluding carboxylic acids is 1. The van der Waals surface area contributed by atoms with Gasteiger partial charge in [-0.05, 0) is 30.2 Å². The molecule has 0 saturated carbocycles. The first kappa shape index (κ1) is 15.7. The normalized spacial score (nSPS) is 16.1. The van der Waals surface area contributed by atoms with E-state index in [1.54, 1.807) is 18.2 Å². The van der Waals surface area contributed by atoms with Crippen LogP contribution in [0.2, 0.25) is 0 Å². The molecular weight excluding hydrogens is 298 g/mol. The van der Waals surface area contributed by atoms with Crippen molar-refractivity contribution in [1.82, 2.24) is 0 Å². The molecule has 1 aliphatic rings. The van der Waals surface area contributed by atoms with Crippen molar-refractivity contribution in [3.05, 3.63) is 95.2 Å². The molecule has 2 aromatic carbocycles. The molecule has 24 heavy (non-hydrogen) atoms. The summed E-state index contributed by atoms with van der Waals surface area (Å²) in [5.74, 6) is -0.129. The van der Waals surface area contributed by atoms with E-state index in [0.29, 0.717) is 11.6 Å². The summed E-state index contributed by atoms with van der Waals surface area (Å²) in [5, 5.41) is 0. The first-order chi connectivity index (χ1) is 11.7. The summed E-state index contributed by atoms with van der Waals surface area (Å²) in [7, 11) is 0. The van der Waals surface area contributed by atoms with E-state index < -0.39 is 5.97 Å². The topological polar surface area (TPSA) is 38.7 Å². The number of rotatable bonds is 4. The number of hydrogen-bond donors (Lipinski definition) is 0. The van der Waals surface area contributed by atoms with Gasteiger partial charge in [0.05, 0.1) is 0 Å². The van der Waals surface area contributed by atoms with Gasteiger partial charge in [-0.15, -0.1) is 0 Å². The molecule has 3 heteroatoms. The molecule has 0 aromatic heterocycles. The Morgan fingerprint density at radius 2 is 1.58 bits per heavy atom. The van der Waals surface area contributed by atoms with Gasteiger partial charge in [-0.2, -0.15) is 0 Å². The van der Waals surface area contributed by atoms with Gasteiger partial charge in [0.25, 0.3) is 0 Å². The lowest BCUT2D eigenvalue weighted by Gasteiger charge is -1.94. The van der Waals surface area contributed by atoms with Crippen LogP contribution in [0.15, 0.2) is 83.5 Å². The summed E-state index contributed by atoms with van der Waals surface area (Å²) in [6.07, 6.45) is 8.93. The van der Waals surface area contributed by atoms with Crippen molar-refractivity contribution < 1.29 is 9.53 Å². The predicted molar refractivity (Wildman–Crippen MR) is 97.3 cm³/mol. The Labute approximate surface area is 141 Å². The van der Waals surface area contributed by atoms with Gasteiger partial charge in [-0.25, -0.2) is 9.79 Å². The van der Waals surface area contributed by atoms with Crippen LogP contribution in [0, 0.1) is 6.92 Å². The summed E-state index contributed by atoms with van der Waals surface area (Å²) in [6.45, 7) is 2.04. The highest BCUT2D eigenvalue weighted by atomic mass is 16.6. The van der Waals surface area contributed by atoms with Crippen LogP contribution in [-0.4, -0.2) is 11.9 Å². The maximum Gasteiger partial charge on any atom is 0.363 e. The van der Waals surface area contributed by atoms with E-state index in [2.05, 4.69) is 4.99 Å². The average Bonchev–Trinajstić information content (AvgIpc) is 2.95. The second kappa shape index (κ2) is 7.38. The summed E-state index contributed by atoms with van der Waals surface area (Å²) in [4.78, 5) is 16.0. The number of esters is 1. The first-order valence-electron chi connectivity index (χ1n) is 7.70. The third kappa shape index (κ3) is 4.17. The van der Waals surface area contributed by atoms with E-state index in [0.717, 1.165) is 11.1 Å². The molecule has 0 spiro atoms. The van der Waals surface area contributed by atoms with Gasteiger partial charge in [0.1, 0.15) is 0 Å². The lowest BCUT2D eigenvalue weighted by Crippen LogP contribution is -2.00. The van der Waals surface area contributed by atoms with Crippen LogP contribution in [0.25, 0.3) is 12.2 Å². The molecule has 0 radical (unpaired) electrons. The number of hydrogen-bond acceptors (Lipinski definition) is 3. The van der Waals surface area contributed by atoms with E-state index >= 15 is 0 Å². The molecule has 118 valence electrons. The number of allylic oxidation sites excluding steroid dienone is 2. The molecule has 0 aliphatic carbocycles. The van der Waals surface area contributed by atoms with Crippen molar-refractivity contribution >= 4 is 24.0 Å². The number of benzene rings is 2. The van der Waals surface area contributed by atoms with Crippen molar-refractivity contribution in [2.24, 2.45) is 4.99 Å². The molecule has 0 saturated heterocycles. The summed E-state index contributed by atoms with van der Waals surface area (Å²) in [5.41, 5.74) is 3.59. The highest BCUT2D eigenvalue weighted by Crippen LogP contribution is 2.14. The van der Waals surface area contributed by atoms with Gasteiger partial charge in [0, 0.05) is 6.08 Å². The summed E-state index contributed by atoms with van der Waals surface area (Å²) in [6, 6.07) is 17.9. The Bertz CT molecular complexity index is 841. The minimum absolute atomic E-state index is 0.297. The fourth-order valence-electron chi connectivity index (χ4n) is 2.17. The highest BCUT2D eigenvalue weighted by molar-refractivity contribution is 6.09. The Hall–Kier alpha value is -3.20. The van der Waals surface area contributed by atoms with Crippen LogP contribution in [0.1, 0.15) is 16.7 Å². The average molecular weight is 315 g/mol. The molecule has 3 nitrogen and oxygen atoms in total. The van der Waals surface area contributed by atoms with Gasteiger partial charge in [0.15, 0.2) is 5.70 Å². The zero-order chi connectivity index (χ0) is 16.8. The lowest BCUT2D eigenvalue weighted by molar-refractivity contribution is -0.129. The number of nitrogens with zero attached hydrogens (tertiary/aromatic N) is 1. The molecule has 0 atom stereocenters. The van der Waals surface area contributed by atoms with E-state index in [-0.39, 0.29) is 0 Å². The maximum absolute atomic E-state index is 11.8. The van der Waals surface area contributed by atoms with Crippen molar-refractivity contribution in [1.29, 1.82) is 0 Å². The van der Waals surface area contributed by atoms with E-state index in [4.69, 9.17) is 4.74 Å². The van der Waals surface area contributed by atoms with Crippen LogP contribution in [0.5, 0.6) is 0 Å². The lowest BCUT2D eigenvalue weighted by atomic mass is 10.1. The Balaban J connectivity index is 1.69. The molecule has 0 bridgehead atoms. The number of aliphatic imine (C=N–C) groups is 1. The molecule has 0 N–H and O–H groups in total. The largest absolute Gasteiger partial charge is 0.403 e. The quantitative estimate of drug-likeness (QED) is 0.613. The van der Waals surface area contributed by atoms with Crippen LogP contribution in [0.3, 0.4) is 0 Å². The number of cyclic esters (lactones) is 1. The van der Waals surface area contributed by atoms with Gasteiger partial charge in [-0.3, -0.25) is 0 Å². The van der Waals surface area contributed by atoms with Crippen LogP contribution >= 0.6 is 0 Å². The third-order valence-electron chi connectivity index (χ3n) is 3.48. The van der Waals surface area contributed by atoms with Crippen LogP contribution in [-0.2, 0) is 9.53 Å². The monoisotopic (exact) mass is 315 g/mol. The van der Waals surface area contributed by atoms with Crippen LogP contribution < -0.4 is 0 Å². The second-order valence-corrected chi connectivity index (χ2v) is 5.41. The van der Waals surface area contributed by atoms with E-state index in [1.807, 2.05) is 73.7 Å². The zero-order valence-electron chi connectivity index (χ0n) is 13.3. The predicted octanol–water partition coefficient (Wildman–Crippen LogP) is 4.56. The highest BCUT2D eigenvalue weighted by Gasteiger charge is 2.20. The van der Waals surface area contributed by atoms with E-state index in [9.17, 15) is 4.79 Å². The molecule has 0 unspecified atom stereocenters. The second-order valence-electron chi connectivity index (χ2n) is 5.41. The Morgan fingerprint density at radius 3 is 2.33 bits per heavy atom. The molecule has 1 heterocycles. The molecule has 0 fully saturated rings. The number of carbonyl (C=O) groups is 1. The number of ether oxygens (including phenoxy) is 1. The SMILES string of the molecule is Cc1ccc(C=CC2=NC(=CC=Cc3ccccc3)C(=O)O2)cc1. The van der Waals surface area contributed by atoms with Crippen molar-refractivity contribution in [2.75, 3.05) is 0 Å². The minimum Gasteiger partial charge on any atom is -0.403 e. The van der Waals surface area contributed by atoms with Crippen molar-refractivity contribution in [3.8, 4) is 0 Å². The first-order valence-corrected chi connectivity index (χ1v) is 7.70. The minimum atomic E-state index is -0.434. The summed E-state index contributed by atoms with van der Waals surface area (Å²) < 4.78 is 5.14. The van der Waals surface area contributed by atoms with Gasteiger partial charge in [0.2, 0.25) is 5.90 Å². The maximum atomic E-state index is 11.8. The molecular formula is C21H17NO2. The van der Waals surface area contributed by atoms with Gasteiger partial charge in [-0.1, -0.05) is 72.3 Å². The smallest absolute Gasteiger partial charge is 0.363 e. The molecule has 1 aliphatic heterocycles. The van der Waals surface area contributed by atoms with Crippen molar-refractivity contribution in [3.63, 3.8) is 0 Å². The fourth-order valence-corrected chi connectivity index (χ4v) is 2.17. The molecule has 2 aromatic rings. The zero-order valence-corrected chi connectivity index (χ0v) is 13.3. The fraction of sp³-hybridized carbons (Fsp3) is 0.0476. The van der Waals surface area contributed by atoms with Gasteiger partial charge < -0.3 is 4.74 Å². The molecule has 0 amide bonds.